The van der Waals surface area contributed by atoms with Crippen LogP contribution in [0.1, 0.15) is 123 Å². The second kappa shape index (κ2) is 40.4. The number of aliphatic hydroxyl groups excluding tert-OH is 6. The van der Waals surface area contributed by atoms with E-state index in [1.54, 1.807) is 38.1 Å². The molecule has 129 heavy (non-hydrogen) atoms. The molecular weight excluding hydrogens is 1740 g/mol. The van der Waals surface area contributed by atoms with Gasteiger partial charge in [0.1, 0.15) is 95.5 Å². The first-order chi connectivity index (χ1) is 61.4. The van der Waals surface area contributed by atoms with E-state index < -0.39 is 221 Å². The van der Waals surface area contributed by atoms with E-state index in [0.717, 1.165) is 65.2 Å². The van der Waals surface area contributed by atoms with E-state index in [1.807, 2.05) is 50.2 Å². The van der Waals surface area contributed by atoms with Gasteiger partial charge in [0.2, 0.25) is 65.0 Å². The minimum Gasteiger partial charge on any atom is -0.508 e. The van der Waals surface area contributed by atoms with Gasteiger partial charge in [-0.2, -0.15) is 0 Å². The average Bonchev–Trinajstić information content (AvgIpc) is 0.769. The van der Waals surface area contributed by atoms with Crippen LogP contribution in [-0.4, -0.2) is 212 Å². The number of halogens is 3. The van der Waals surface area contributed by atoms with E-state index in [1.165, 1.54) is 51.6 Å². The van der Waals surface area contributed by atoms with Gasteiger partial charge in [0.25, 0.3) is 0 Å². The maximum Gasteiger partial charge on any atom is 0.248 e. The van der Waals surface area contributed by atoms with Gasteiger partial charge in [0.05, 0.1) is 55.5 Å². The van der Waals surface area contributed by atoms with Crippen molar-refractivity contribution < 1.29 is 127 Å². The van der Waals surface area contributed by atoms with Gasteiger partial charge in [0, 0.05) is 47.3 Å². The molecule has 7 aliphatic rings. The van der Waals surface area contributed by atoms with E-state index in [9.17, 15) is 65.4 Å². The summed E-state index contributed by atoms with van der Waals surface area (Å²) < 4.78 is 49.4. The minimum absolute atomic E-state index is 0.00845. The van der Waals surface area contributed by atoms with Gasteiger partial charge < -0.3 is 143 Å². The van der Waals surface area contributed by atoms with Gasteiger partial charge in [-0.1, -0.05) is 103 Å². The largest absolute Gasteiger partial charge is 0.508 e. The minimum atomic E-state index is -2.25. The summed E-state index contributed by atoms with van der Waals surface area (Å²) in [4.78, 5) is 119. The molecule has 8 aromatic rings. The predicted octanol–water partition coefficient (Wildman–Crippen LogP) is 5.64. The monoisotopic (exact) mass is 1840 g/mol. The second-order valence-corrected chi connectivity index (χ2v) is 33.8. The highest BCUT2D eigenvalue weighted by molar-refractivity contribution is 6.32. The summed E-state index contributed by atoms with van der Waals surface area (Å²) in [7, 11) is 4.14. The molecule has 0 aromatic heterocycles. The Morgan fingerprint density at radius 1 is 0.643 bits per heavy atom. The number of phenols is 4. The molecule has 36 nitrogen and oxygen atoms in total. The Bertz CT molecular complexity index is 5520. The number of carbonyl (C=O) groups is 8. The summed E-state index contributed by atoms with van der Waals surface area (Å²) in [6.45, 7) is 6.44. The molecule has 2 fully saturated rings. The van der Waals surface area contributed by atoms with Crippen LogP contribution in [-0.2, 0) is 65.5 Å². The molecule has 686 valence electrons. The van der Waals surface area contributed by atoms with Crippen LogP contribution in [0.2, 0.25) is 15.1 Å². The first-order valence-corrected chi connectivity index (χ1v) is 42.3. The lowest BCUT2D eigenvalue weighted by Gasteiger charge is -2.48. The van der Waals surface area contributed by atoms with Crippen molar-refractivity contribution in [1.82, 2.24) is 47.9 Å². The Hall–Kier alpha value is -11.9. The molecule has 0 aliphatic carbocycles. The summed E-state index contributed by atoms with van der Waals surface area (Å²) >= 11 is 20.0. The van der Waals surface area contributed by atoms with Crippen molar-refractivity contribution >= 4 is 82.1 Å². The molecule has 0 unspecified atom stereocenters. The number of phenolic OH excluding ortho intramolecular Hbond substituents is 4. The van der Waals surface area contributed by atoms with Crippen LogP contribution in [0.25, 0.3) is 22.3 Å². The molecule has 0 saturated carbocycles. The molecule has 18 atom stereocenters. The SMILES string of the molecule is CN[C@H](CC(C)C)C(=O)N[C@H]1C(=O)N[C@@H](CC(N)=O)C(=O)N[C@H]2C(=O)N[C@H]3C(=O)N[C@H](C(=O)N[C@H](C(=O)NCCCc4cc(OC)c(O[C@@H]5O[C@H](CO)[C@@H](O)[C@H](O)[C@H]5O[C@H]5C[C@](C)(NCc6ccc(-c7ccc(Cl)cc7)cc6)[C@@H](O)[C@H](C)O5)c(OC)c4)c4cc(O)cc(O)c4-c4cc3ccc4O)[C@H](O)c3ccc(c(Cl)c3)Oc3cc2cc(c3O)Oc2ccc(cc2Cl)[C@H]1O. The van der Waals surface area contributed by atoms with Gasteiger partial charge in [-0.3, -0.25) is 38.4 Å². The van der Waals surface area contributed by atoms with Crippen molar-refractivity contribution in [3.8, 4) is 85.5 Å². The Morgan fingerprint density at radius 2 is 1.25 bits per heavy atom. The zero-order chi connectivity index (χ0) is 92.9. The number of fused-ring (bicyclic) bond motifs is 15. The highest BCUT2D eigenvalue weighted by Crippen LogP contribution is 2.50. The number of aliphatic hydroxyl groups is 6. The molecule has 11 bridgehead atoms. The number of carbonyl (C=O) groups excluding carboxylic acids is 8. The number of amides is 8. The van der Waals surface area contributed by atoms with E-state index >= 15 is 24.0 Å². The van der Waals surface area contributed by atoms with Crippen molar-refractivity contribution in [2.45, 2.75) is 176 Å². The zero-order valence-corrected chi connectivity index (χ0v) is 72.8. The van der Waals surface area contributed by atoms with Crippen molar-refractivity contribution in [2.75, 3.05) is 34.4 Å². The number of aromatic hydroxyl groups is 4. The van der Waals surface area contributed by atoms with Crippen molar-refractivity contribution in [3.63, 3.8) is 0 Å². The number of hydrogen-bond donors (Lipinski definition) is 20. The van der Waals surface area contributed by atoms with Crippen LogP contribution in [0, 0.1) is 5.92 Å². The van der Waals surface area contributed by atoms with Crippen molar-refractivity contribution in [3.05, 3.63) is 194 Å². The van der Waals surface area contributed by atoms with Crippen molar-refractivity contribution in [2.24, 2.45) is 11.7 Å². The van der Waals surface area contributed by atoms with Crippen molar-refractivity contribution in [1.29, 1.82) is 0 Å². The molecule has 7 aliphatic heterocycles. The van der Waals surface area contributed by atoms with Crippen LogP contribution in [0.5, 0.6) is 63.2 Å². The maximum absolute atomic E-state index is 15.8. The van der Waals surface area contributed by atoms with E-state index in [0.29, 0.717) is 17.1 Å². The van der Waals surface area contributed by atoms with E-state index in [-0.39, 0.29) is 99.2 Å². The molecule has 0 spiro atoms. The fourth-order valence-electron chi connectivity index (χ4n) is 16.1. The quantitative estimate of drug-likeness (QED) is 0.0344. The zero-order valence-electron chi connectivity index (χ0n) is 70.5. The molecule has 2 saturated heterocycles. The Kier molecular flexibility index (Phi) is 29.7. The number of likely N-dealkylation sites (N-methyl/N-ethyl adjacent to an activating group) is 1. The number of benzene rings is 8. The maximum atomic E-state index is 15.8. The molecule has 8 amide bonds. The molecule has 0 radical (unpaired) electrons. The Labute approximate surface area is 753 Å². The molecule has 39 heteroatoms. The third kappa shape index (κ3) is 21.2. The predicted molar refractivity (Wildman–Crippen MR) is 464 cm³/mol. The summed E-state index contributed by atoms with van der Waals surface area (Å²) in [5.41, 5.74) is 5.74. The molecular formula is C90H99Cl3N10O26. The number of hydrogen-bond acceptors (Lipinski definition) is 28. The number of rotatable bonds is 23. The van der Waals surface area contributed by atoms with Crippen LogP contribution in [0.3, 0.4) is 0 Å². The summed E-state index contributed by atoms with van der Waals surface area (Å²) in [5.74, 6) is -14.5. The third-order valence-electron chi connectivity index (χ3n) is 23.1. The normalized spacial score (nSPS) is 25.5. The number of nitrogens with two attached hydrogens (primary N) is 1. The lowest BCUT2D eigenvalue weighted by atomic mass is 9.84. The lowest BCUT2D eigenvalue weighted by molar-refractivity contribution is -0.334. The number of primary amides is 1. The van der Waals surface area contributed by atoms with E-state index in [2.05, 4.69) is 47.9 Å². The van der Waals surface area contributed by atoms with Crippen LogP contribution in [0.4, 0.5) is 0 Å². The van der Waals surface area contributed by atoms with Gasteiger partial charge in [-0.15, -0.1) is 0 Å². The smallest absolute Gasteiger partial charge is 0.248 e. The van der Waals surface area contributed by atoms with Crippen LogP contribution in [0.15, 0.2) is 140 Å². The van der Waals surface area contributed by atoms with Gasteiger partial charge in [0.15, 0.2) is 35.4 Å². The topological polar surface area (TPSA) is 547 Å². The van der Waals surface area contributed by atoms with Crippen LogP contribution < -0.4 is 77.3 Å². The number of methoxy groups -OCH3 is 2. The average molecular weight is 1840 g/mol. The number of nitrogens with one attached hydrogen (secondary N) is 9. The molecule has 21 N–H and O–H groups in total. The number of aryl methyl sites for hydroxylation is 1. The van der Waals surface area contributed by atoms with Crippen LogP contribution >= 0.6 is 34.8 Å². The van der Waals surface area contributed by atoms with Gasteiger partial charge in [-0.25, -0.2) is 0 Å². The highest BCUT2D eigenvalue weighted by Gasteiger charge is 2.52. The van der Waals surface area contributed by atoms with Gasteiger partial charge >= 0.3 is 0 Å². The molecule has 8 aromatic carbocycles. The lowest BCUT2D eigenvalue weighted by Crippen LogP contribution is -2.65. The Morgan fingerprint density at radius 3 is 1.85 bits per heavy atom. The summed E-state index contributed by atoms with van der Waals surface area (Å²) in [6, 6.07) is 19.1. The molecule has 15 rings (SSSR count). The highest BCUT2D eigenvalue weighted by atomic mass is 35.5. The second-order valence-electron chi connectivity index (χ2n) is 32.6. The van der Waals surface area contributed by atoms with E-state index in [4.69, 9.17) is 78.4 Å². The standard InChI is InChI=1S/C90H99Cl3N10O26/c1-39(2)25-55(95-5)82(115)102-72-74(109)46-17-22-59(53(92)29-46)125-61-31-48-32-62(76(61)111)126-60-23-18-47(30-54(60)93)75(110)73-88(121)101-71(52-33-50(105)34-58(107)68(52)51-28-45(16-21-57(51)106)69(85(118)103-73)100-86(119)70(48)99-83(116)56(35-66(94)108)98-87(72)120)84(117)96-24-8-9-42-26-63(122-6)79(64(27-42)123-7)129-89-80(78(113)77(112)65(38-104)127-89)128-67-36-90(4,81(114)40(3)124-67)97-37-41-10-12-43(13-11-41)44-14-19-49(91)20-15-44/h10-23,26-34,39-40,55-56,65,67,69-75,77-78,80-81,89,95,97,104-107,109-114H,8-9,24-25,35-38H2,1-7H3,(H2,94,108)(H,96,117)(H,98,120)(H,99,116)(H,100,119)(H,101,121)(H,102,115)(H,103,118)/t40-,55+,56-,65+,67-,69+,70+,71-,72+,73-,74+,75+,77+,78-,80+,81-,89-,90-/m0/s1. The number of ether oxygens (including phenoxy) is 8. The Balaban J connectivity index is 0.793. The summed E-state index contributed by atoms with van der Waals surface area (Å²) in [6.07, 6.45) is -15.8. The summed E-state index contributed by atoms with van der Waals surface area (Å²) in [5, 5.41) is 141. The first-order valence-electron chi connectivity index (χ1n) is 41.2. The fourth-order valence-corrected chi connectivity index (χ4v) is 16.7. The van der Waals surface area contributed by atoms with Gasteiger partial charge in [-0.05, 0) is 175 Å². The first kappa shape index (κ1) is 94.8. The fraction of sp³-hybridized carbons (Fsp3) is 0.378. The third-order valence-corrected chi connectivity index (χ3v) is 23.9. The molecule has 7 heterocycles.